The molecule has 0 saturated heterocycles. The number of fused-ring (bicyclic) bond motifs is 3. The van der Waals surface area contributed by atoms with Crippen molar-refractivity contribution in [2.75, 3.05) is 0 Å². The van der Waals surface area contributed by atoms with E-state index in [0.29, 0.717) is 28.0 Å². The minimum atomic E-state index is -0.423. The summed E-state index contributed by atoms with van der Waals surface area (Å²) >= 11 is 0. The zero-order chi connectivity index (χ0) is 17.7. The second-order valence-corrected chi connectivity index (χ2v) is 5.94. The van der Waals surface area contributed by atoms with Gasteiger partial charge < -0.3 is 9.30 Å². The highest BCUT2D eigenvalue weighted by Crippen LogP contribution is 2.36. The van der Waals surface area contributed by atoms with E-state index < -0.39 is 17.8 Å². The molecule has 0 saturated carbocycles. The smallest absolute Gasteiger partial charge is 0.308 e. The Morgan fingerprint density at radius 1 is 1.08 bits per heavy atom. The molecule has 0 atom stereocenters. The number of imide groups is 1. The molecule has 0 aliphatic carbocycles. The highest BCUT2D eigenvalue weighted by molar-refractivity contribution is 6.29. The van der Waals surface area contributed by atoms with E-state index >= 15 is 0 Å². The number of hydrogen-bond donors (Lipinski definition) is 1. The van der Waals surface area contributed by atoms with Crippen LogP contribution in [0.2, 0.25) is 0 Å². The average molecular weight is 334 g/mol. The molecule has 0 bridgehead atoms. The Morgan fingerprint density at radius 2 is 1.84 bits per heavy atom. The van der Waals surface area contributed by atoms with Gasteiger partial charge in [0.25, 0.3) is 11.8 Å². The fraction of sp³-hybridized carbons (Fsp3) is 0.105. The molecule has 4 rings (SSSR count). The summed E-state index contributed by atoms with van der Waals surface area (Å²) in [6.45, 7) is 1.33. The van der Waals surface area contributed by atoms with E-state index in [4.69, 9.17) is 4.74 Å². The monoisotopic (exact) mass is 334 g/mol. The molecule has 0 radical (unpaired) electrons. The quantitative estimate of drug-likeness (QED) is 0.444. The topological polar surface area (TPSA) is 77.4 Å². The van der Waals surface area contributed by atoms with Crippen molar-refractivity contribution < 1.29 is 19.1 Å². The van der Waals surface area contributed by atoms with Gasteiger partial charge in [-0.15, -0.1) is 0 Å². The first-order valence-electron chi connectivity index (χ1n) is 7.72. The summed E-state index contributed by atoms with van der Waals surface area (Å²) in [7, 11) is 1.88. The number of ether oxygens (including phenoxy) is 1. The summed E-state index contributed by atoms with van der Waals surface area (Å²) in [6, 6.07) is 10.6. The van der Waals surface area contributed by atoms with Crippen LogP contribution < -0.4 is 10.1 Å². The van der Waals surface area contributed by atoms with Gasteiger partial charge in [-0.3, -0.25) is 19.7 Å². The van der Waals surface area contributed by atoms with Crippen molar-refractivity contribution in [3.05, 3.63) is 53.7 Å². The predicted octanol–water partition coefficient (Wildman–Crippen LogP) is 2.65. The molecule has 3 aromatic rings. The van der Waals surface area contributed by atoms with Gasteiger partial charge in [0.2, 0.25) is 0 Å². The summed E-state index contributed by atoms with van der Waals surface area (Å²) in [6.07, 6.45) is 1.85. The second-order valence-electron chi connectivity index (χ2n) is 5.94. The molecule has 6 heteroatoms. The molecule has 124 valence electrons. The lowest BCUT2D eigenvalue weighted by Crippen LogP contribution is -2.20. The number of nitrogens with zero attached hydrogens (tertiary/aromatic N) is 1. The zero-order valence-corrected chi connectivity index (χ0v) is 13.6. The van der Waals surface area contributed by atoms with Crippen molar-refractivity contribution in [2.24, 2.45) is 7.05 Å². The number of nitrogens with one attached hydrogen (secondary N) is 1. The maximum absolute atomic E-state index is 12.4. The number of carbonyl (C=O) groups is 3. The van der Waals surface area contributed by atoms with Gasteiger partial charge in [0, 0.05) is 31.1 Å². The summed E-state index contributed by atoms with van der Waals surface area (Å²) in [5, 5.41) is 3.10. The number of hydrogen-bond acceptors (Lipinski definition) is 4. The summed E-state index contributed by atoms with van der Waals surface area (Å²) in [4.78, 5) is 35.8. The van der Waals surface area contributed by atoms with Crippen LogP contribution in [0.5, 0.6) is 5.75 Å². The van der Waals surface area contributed by atoms with Gasteiger partial charge in [-0.05, 0) is 35.4 Å². The van der Waals surface area contributed by atoms with Gasteiger partial charge in [-0.1, -0.05) is 12.1 Å². The van der Waals surface area contributed by atoms with Gasteiger partial charge in [-0.2, -0.15) is 0 Å². The predicted molar refractivity (Wildman–Crippen MR) is 91.5 cm³/mol. The number of carbonyl (C=O) groups excluding carboxylic acids is 3. The van der Waals surface area contributed by atoms with Crippen LogP contribution >= 0.6 is 0 Å². The molecule has 25 heavy (non-hydrogen) atoms. The van der Waals surface area contributed by atoms with Crippen LogP contribution in [-0.2, 0) is 11.8 Å². The van der Waals surface area contributed by atoms with Crippen molar-refractivity contribution in [1.29, 1.82) is 0 Å². The van der Waals surface area contributed by atoms with Crippen LogP contribution in [0.15, 0.2) is 42.6 Å². The number of amides is 2. The number of aromatic nitrogens is 1. The van der Waals surface area contributed by atoms with Gasteiger partial charge in [0.05, 0.1) is 11.1 Å². The van der Waals surface area contributed by atoms with E-state index in [9.17, 15) is 14.4 Å². The minimum absolute atomic E-state index is 0.351. The first-order valence-corrected chi connectivity index (χ1v) is 7.72. The minimum Gasteiger partial charge on any atom is -0.427 e. The Labute approximate surface area is 143 Å². The van der Waals surface area contributed by atoms with E-state index in [1.54, 1.807) is 18.2 Å². The average Bonchev–Trinajstić information content (AvgIpc) is 3.07. The maximum atomic E-state index is 12.4. The van der Waals surface area contributed by atoms with Crippen LogP contribution in [0.25, 0.3) is 22.0 Å². The highest BCUT2D eigenvalue weighted by Gasteiger charge is 2.32. The molecule has 2 amide bonds. The largest absolute Gasteiger partial charge is 0.427 e. The fourth-order valence-electron chi connectivity index (χ4n) is 3.23. The number of esters is 1. The molecular weight excluding hydrogens is 320 g/mol. The number of aryl methyl sites for hydroxylation is 1. The highest BCUT2D eigenvalue weighted by atomic mass is 16.5. The molecule has 1 N–H and O–H groups in total. The fourth-order valence-corrected chi connectivity index (χ4v) is 3.23. The summed E-state index contributed by atoms with van der Waals surface area (Å²) in [5.41, 5.74) is 2.90. The molecule has 1 aliphatic heterocycles. The van der Waals surface area contributed by atoms with Gasteiger partial charge >= 0.3 is 5.97 Å². The lowest BCUT2D eigenvalue weighted by molar-refractivity contribution is -0.131. The molecule has 6 nitrogen and oxygen atoms in total. The summed E-state index contributed by atoms with van der Waals surface area (Å²) in [5.74, 6) is -0.850. The van der Waals surface area contributed by atoms with Crippen molar-refractivity contribution in [1.82, 2.24) is 9.88 Å². The first-order chi connectivity index (χ1) is 12.0. The Balaban J connectivity index is 2.01. The SMILES string of the molecule is CC(=O)Oc1cccc(-c2cc3c(ccn3C)c3c2C(=O)NC3=O)c1. The number of benzene rings is 2. The third-order valence-corrected chi connectivity index (χ3v) is 4.28. The van der Waals surface area contributed by atoms with Crippen LogP contribution in [0, 0.1) is 0 Å². The normalized spacial score (nSPS) is 13.0. The lowest BCUT2D eigenvalue weighted by atomic mass is 9.94. The van der Waals surface area contributed by atoms with Crippen LogP contribution in [-0.4, -0.2) is 22.4 Å². The maximum Gasteiger partial charge on any atom is 0.308 e. The van der Waals surface area contributed by atoms with Gasteiger partial charge in [-0.25, -0.2) is 0 Å². The van der Waals surface area contributed by atoms with E-state index in [1.165, 1.54) is 6.92 Å². The lowest BCUT2D eigenvalue weighted by Gasteiger charge is -2.10. The molecule has 2 aromatic carbocycles. The molecule has 1 aromatic heterocycles. The third kappa shape index (κ3) is 2.30. The summed E-state index contributed by atoms with van der Waals surface area (Å²) < 4.78 is 7.02. The van der Waals surface area contributed by atoms with Crippen molar-refractivity contribution in [2.45, 2.75) is 6.92 Å². The van der Waals surface area contributed by atoms with Crippen LogP contribution in [0.1, 0.15) is 27.6 Å². The molecule has 0 fully saturated rings. The van der Waals surface area contributed by atoms with E-state index in [1.807, 2.05) is 36.0 Å². The van der Waals surface area contributed by atoms with Crippen LogP contribution in [0.3, 0.4) is 0 Å². The zero-order valence-electron chi connectivity index (χ0n) is 13.6. The Kier molecular flexibility index (Phi) is 3.21. The van der Waals surface area contributed by atoms with Crippen LogP contribution in [0.4, 0.5) is 0 Å². The van der Waals surface area contributed by atoms with E-state index in [0.717, 1.165) is 10.9 Å². The molecule has 2 heterocycles. The van der Waals surface area contributed by atoms with E-state index in [2.05, 4.69) is 5.32 Å². The van der Waals surface area contributed by atoms with Gasteiger partial charge in [0.1, 0.15) is 5.75 Å². The molecular formula is C19H14N2O4. The second kappa shape index (κ2) is 5.31. The molecule has 0 spiro atoms. The first kappa shape index (κ1) is 15.1. The molecule has 1 aliphatic rings. The van der Waals surface area contributed by atoms with Gasteiger partial charge in [0.15, 0.2) is 0 Å². The van der Waals surface area contributed by atoms with Crippen molar-refractivity contribution in [3.8, 4) is 16.9 Å². The molecule has 0 unspecified atom stereocenters. The third-order valence-electron chi connectivity index (χ3n) is 4.28. The van der Waals surface area contributed by atoms with Crippen molar-refractivity contribution in [3.63, 3.8) is 0 Å². The Bertz CT molecular complexity index is 1080. The standard InChI is InChI=1S/C19H14N2O4/c1-10(22)25-12-5-3-4-11(8-12)14-9-15-13(6-7-21(15)2)16-17(14)19(24)20-18(16)23/h3-9H,1-2H3,(H,20,23,24). The van der Waals surface area contributed by atoms with Crippen molar-refractivity contribution >= 4 is 28.7 Å². The number of rotatable bonds is 2. The Morgan fingerprint density at radius 3 is 2.60 bits per heavy atom. The Hall–Kier alpha value is -3.41. The van der Waals surface area contributed by atoms with E-state index in [-0.39, 0.29) is 0 Å².